The summed E-state index contributed by atoms with van der Waals surface area (Å²) in [5.41, 5.74) is 1.41. The zero-order valence-electron chi connectivity index (χ0n) is 5.99. The number of hydrogen-bond donors (Lipinski definition) is 0. The Morgan fingerprint density at radius 2 is 1.45 bits per heavy atom. The summed E-state index contributed by atoms with van der Waals surface area (Å²) in [5.74, 6) is 0. The molecule has 0 heterocycles. The predicted octanol–water partition coefficient (Wildman–Crippen LogP) is 4.42. The first-order valence-corrected chi connectivity index (χ1v) is 3.82. The first-order chi connectivity index (χ1) is 5.06. The molecule has 3 heteroatoms. The lowest BCUT2D eigenvalue weighted by molar-refractivity contribution is 1.94. The van der Waals surface area contributed by atoms with Crippen molar-refractivity contribution < 1.29 is 0 Å². The molecule has 0 spiro atoms. The Morgan fingerprint density at radius 1 is 1.09 bits per heavy atom. The van der Waals surface area contributed by atoms with Crippen LogP contribution < -0.4 is 0 Å². The van der Waals surface area contributed by atoms with E-state index in [4.69, 9.17) is 34.8 Å². The summed E-state index contributed by atoms with van der Waals surface area (Å²) in [6.07, 6.45) is 3.27. The summed E-state index contributed by atoms with van der Waals surface area (Å²) in [6.45, 7) is 9.96. The normalized spacial score (nSPS) is 8.27. The Balaban J connectivity index is 0. The van der Waals surface area contributed by atoms with E-state index < -0.39 is 0 Å². The first-order valence-electron chi connectivity index (χ1n) is 2.63. The molecule has 0 atom stereocenters. The van der Waals surface area contributed by atoms with E-state index in [-0.39, 0.29) is 0 Å². The number of hydrogen-bond acceptors (Lipinski definition) is 0. The lowest BCUT2D eigenvalue weighted by atomic mass is 10.6. The molecule has 0 fully saturated rings. The lowest BCUT2D eigenvalue weighted by Crippen LogP contribution is -1.57. The third-order valence-electron chi connectivity index (χ3n) is 0.503. The van der Waals surface area contributed by atoms with Gasteiger partial charge in [0.15, 0.2) is 0 Å². The van der Waals surface area contributed by atoms with Crippen LogP contribution in [0.1, 0.15) is 0 Å². The highest BCUT2D eigenvalue weighted by Crippen LogP contribution is 2.12. The molecular formula is C8H9Cl3. The van der Waals surface area contributed by atoms with E-state index in [2.05, 4.69) is 19.7 Å². The highest BCUT2D eigenvalue weighted by Gasteiger charge is 1.84. The maximum absolute atomic E-state index is 5.19. The molecule has 0 saturated carbocycles. The molecule has 0 nitrogen and oxygen atoms in total. The van der Waals surface area contributed by atoms with E-state index in [0.717, 1.165) is 0 Å². The molecule has 0 aromatic carbocycles. The van der Waals surface area contributed by atoms with Crippen LogP contribution in [-0.2, 0) is 0 Å². The molecular weight excluding hydrogens is 202 g/mol. The Bertz CT molecular complexity index is 156. The van der Waals surface area contributed by atoms with Gasteiger partial charge >= 0.3 is 0 Å². The first kappa shape index (κ1) is 13.4. The van der Waals surface area contributed by atoms with Gasteiger partial charge in [0.2, 0.25) is 0 Å². The molecule has 0 rings (SSSR count). The lowest BCUT2D eigenvalue weighted by Gasteiger charge is -1.81. The van der Waals surface area contributed by atoms with Gasteiger partial charge in [-0.2, -0.15) is 0 Å². The summed E-state index contributed by atoms with van der Waals surface area (Å²) < 4.78 is 0. The summed E-state index contributed by atoms with van der Waals surface area (Å²) in [6, 6.07) is 0. The van der Waals surface area contributed by atoms with Gasteiger partial charge in [-0.3, -0.25) is 0 Å². The average Bonchev–Trinajstić information content (AvgIpc) is 1.90. The van der Waals surface area contributed by atoms with E-state index in [9.17, 15) is 0 Å². The molecule has 0 unspecified atom stereocenters. The molecule has 0 aromatic heterocycles. The summed E-state index contributed by atoms with van der Waals surface area (Å²) in [7, 11) is 0. The monoisotopic (exact) mass is 210 g/mol. The maximum Gasteiger partial charge on any atom is 0.0514 e. The van der Waals surface area contributed by atoms with Crippen molar-refractivity contribution in [2.45, 2.75) is 0 Å². The van der Waals surface area contributed by atoms with Crippen molar-refractivity contribution in [1.29, 1.82) is 0 Å². The van der Waals surface area contributed by atoms with Crippen molar-refractivity contribution in [2.75, 3.05) is 0 Å². The van der Waals surface area contributed by atoms with Gasteiger partial charge in [-0.05, 0) is 0 Å². The Morgan fingerprint density at radius 3 is 1.45 bits per heavy atom. The zero-order valence-corrected chi connectivity index (χ0v) is 8.26. The van der Waals surface area contributed by atoms with E-state index in [0.29, 0.717) is 10.1 Å². The SMILES string of the molecule is C=C(Cl)C(=C)Cl.C=CC=CCl. The Kier molecular flexibility index (Phi) is 12.0. The van der Waals surface area contributed by atoms with E-state index in [1.54, 1.807) is 12.2 Å². The second-order valence-electron chi connectivity index (χ2n) is 1.36. The maximum atomic E-state index is 5.19. The molecule has 0 aliphatic heterocycles. The molecule has 11 heavy (non-hydrogen) atoms. The number of allylic oxidation sites excluding steroid dienone is 4. The van der Waals surface area contributed by atoms with Gasteiger partial charge in [-0.15, -0.1) is 0 Å². The second-order valence-corrected chi connectivity index (χ2v) is 2.53. The number of halogens is 3. The smallest absolute Gasteiger partial charge is 0.0514 e. The molecule has 0 aromatic rings. The molecule has 0 aliphatic carbocycles. The van der Waals surface area contributed by atoms with Crippen molar-refractivity contribution in [3.8, 4) is 0 Å². The zero-order chi connectivity index (χ0) is 9.28. The number of rotatable bonds is 2. The van der Waals surface area contributed by atoms with Crippen LogP contribution in [0.5, 0.6) is 0 Å². The van der Waals surface area contributed by atoms with Gasteiger partial charge < -0.3 is 0 Å². The quantitative estimate of drug-likeness (QED) is 0.593. The molecule has 0 amide bonds. The third-order valence-corrected chi connectivity index (χ3v) is 1.20. The summed E-state index contributed by atoms with van der Waals surface area (Å²) >= 11 is 15.4. The second kappa shape index (κ2) is 9.83. The average molecular weight is 212 g/mol. The Hall–Kier alpha value is -0.170. The van der Waals surface area contributed by atoms with Crippen LogP contribution in [0, 0.1) is 0 Å². The van der Waals surface area contributed by atoms with Crippen LogP contribution in [0.15, 0.2) is 47.5 Å². The van der Waals surface area contributed by atoms with Crippen LogP contribution in [0.25, 0.3) is 0 Å². The topological polar surface area (TPSA) is 0 Å². The molecule has 0 bridgehead atoms. The summed E-state index contributed by atoms with van der Waals surface area (Å²) in [4.78, 5) is 0. The van der Waals surface area contributed by atoms with E-state index >= 15 is 0 Å². The molecule has 0 aliphatic rings. The fourth-order valence-electron chi connectivity index (χ4n) is 0.0514. The summed E-state index contributed by atoms with van der Waals surface area (Å²) in [5, 5.41) is 0.605. The van der Waals surface area contributed by atoms with Crippen LogP contribution in [0.2, 0.25) is 0 Å². The minimum Gasteiger partial charge on any atom is -0.0990 e. The van der Waals surface area contributed by atoms with Gasteiger partial charge in [0, 0.05) is 5.54 Å². The molecule has 0 radical (unpaired) electrons. The van der Waals surface area contributed by atoms with Gasteiger partial charge in [0.25, 0.3) is 0 Å². The minimum absolute atomic E-state index is 0.302. The highest BCUT2D eigenvalue weighted by molar-refractivity contribution is 6.43. The van der Waals surface area contributed by atoms with Crippen molar-refractivity contribution in [3.63, 3.8) is 0 Å². The Labute approximate surface area is 82.5 Å². The fourth-order valence-corrected chi connectivity index (χ4v) is 0.154. The largest absolute Gasteiger partial charge is 0.0990 e. The molecule has 62 valence electrons. The van der Waals surface area contributed by atoms with Crippen molar-refractivity contribution in [3.05, 3.63) is 47.5 Å². The van der Waals surface area contributed by atoms with Crippen molar-refractivity contribution in [1.82, 2.24) is 0 Å². The van der Waals surface area contributed by atoms with Gasteiger partial charge in [-0.25, -0.2) is 0 Å². The predicted molar refractivity (Wildman–Crippen MR) is 55.2 cm³/mol. The van der Waals surface area contributed by atoms with Crippen LogP contribution >= 0.6 is 34.8 Å². The molecule has 0 N–H and O–H groups in total. The van der Waals surface area contributed by atoms with Crippen molar-refractivity contribution >= 4 is 34.8 Å². The minimum atomic E-state index is 0.302. The van der Waals surface area contributed by atoms with Gasteiger partial charge in [0.05, 0.1) is 10.1 Å². The standard InChI is InChI=1S/C4H4Cl2.C4H5Cl/c1-3(5)4(2)6;1-2-3-4-5/h1-2H2;2-4H,1H2. The van der Waals surface area contributed by atoms with Gasteiger partial charge in [-0.1, -0.05) is 66.7 Å². The fraction of sp³-hybridized carbons (Fsp3) is 0. The molecule has 0 saturated heterocycles. The van der Waals surface area contributed by atoms with E-state index in [1.165, 1.54) is 5.54 Å². The van der Waals surface area contributed by atoms with Crippen LogP contribution in [0.4, 0.5) is 0 Å². The highest BCUT2D eigenvalue weighted by atomic mass is 35.5. The van der Waals surface area contributed by atoms with E-state index in [1.807, 2.05) is 0 Å². The van der Waals surface area contributed by atoms with Gasteiger partial charge in [0.1, 0.15) is 0 Å². The van der Waals surface area contributed by atoms with Crippen LogP contribution in [-0.4, -0.2) is 0 Å². The third kappa shape index (κ3) is 17.7. The van der Waals surface area contributed by atoms with Crippen molar-refractivity contribution in [2.24, 2.45) is 0 Å². The van der Waals surface area contributed by atoms with Crippen LogP contribution in [0.3, 0.4) is 0 Å².